The normalized spacial score (nSPS) is 15.2. The Morgan fingerprint density at radius 2 is 1.79 bits per heavy atom. The maximum absolute atomic E-state index is 13.4. The first kappa shape index (κ1) is 19.4. The van der Waals surface area contributed by atoms with E-state index in [-0.39, 0.29) is 5.69 Å². The summed E-state index contributed by atoms with van der Waals surface area (Å²) in [5.41, 5.74) is -1.46. The molecule has 0 spiro atoms. The average Bonchev–Trinajstić information content (AvgIpc) is 3.33. The summed E-state index contributed by atoms with van der Waals surface area (Å²) >= 11 is 5.86. The molecule has 3 aromatic rings. The molecule has 1 saturated carbocycles. The highest BCUT2D eigenvalue weighted by Gasteiger charge is 2.54. The molecule has 29 heavy (non-hydrogen) atoms. The van der Waals surface area contributed by atoms with E-state index in [1.54, 1.807) is 30.3 Å². The zero-order valence-corrected chi connectivity index (χ0v) is 15.4. The second-order valence-corrected chi connectivity index (χ2v) is 7.25. The molecule has 1 amide bonds. The standard InChI is InChI=1S/C20H13ClF4N2O2/c21-12-3-1-11(2-4-12)16-10-17(27-29-16)19(7-8-19)18(28)26-13-5-6-15(22)14(9-13)20(23,24)25/h1-6,9-10H,7-8H2,(H,26,28). The summed E-state index contributed by atoms with van der Waals surface area (Å²) in [6, 6.07) is 10.8. The number of amides is 1. The Kier molecular flexibility index (Phi) is 4.61. The molecule has 1 aliphatic carbocycles. The van der Waals surface area contributed by atoms with Crippen LogP contribution >= 0.6 is 11.6 Å². The van der Waals surface area contributed by atoms with Gasteiger partial charge in [0.25, 0.3) is 0 Å². The van der Waals surface area contributed by atoms with Gasteiger partial charge in [-0.15, -0.1) is 0 Å². The van der Waals surface area contributed by atoms with E-state index in [9.17, 15) is 22.4 Å². The number of halogens is 5. The molecule has 4 rings (SSSR count). The fraction of sp³-hybridized carbons (Fsp3) is 0.200. The molecule has 0 saturated heterocycles. The number of hydrogen-bond acceptors (Lipinski definition) is 3. The van der Waals surface area contributed by atoms with E-state index in [2.05, 4.69) is 10.5 Å². The molecule has 0 unspecified atom stereocenters. The Balaban J connectivity index is 1.56. The Bertz CT molecular complexity index is 1070. The highest BCUT2D eigenvalue weighted by Crippen LogP contribution is 2.49. The Morgan fingerprint density at radius 3 is 2.41 bits per heavy atom. The molecular formula is C20H13ClF4N2O2. The van der Waals surface area contributed by atoms with Gasteiger partial charge in [0.15, 0.2) is 5.76 Å². The van der Waals surface area contributed by atoms with Gasteiger partial charge in [-0.2, -0.15) is 13.2 Å². The number of hydrogen-bond donors (Lipinski definition) is 1. The highest BCUT2D eigenvalue weighted by atomic mass is 35.5. The van der Waals surface area contributed by atoms with E-state index < -0.39 is 28.9 Å². The fourth-order valence-corrected chi connectivity index (χ4v) is 3.17. The summed E-state index contributed by atoms with van der Waals surface area (Å²) < 4.78 is 57.4. The lowest BCUT2D eigenvalue weighted by Gasteiger charge is -2.14. The highest BCUT2D eigenvalue weighted by molar-refractivity contribution is 6.30. The van der Waals surface area contributed by atoms with Crippen LogP contribution in [0.5, 0.6) is 0 Å². The average molecular weight is 425 g/mol. The largest absolute Gasteiger partial charge is 0.419 e. The molecule has 0 bridgehead atoms. The van der Waals surface area contributed by atoms with Crippen LogP contribution in [0.3, 0.4) is 0 Å². The molecule has 0 atom stereocenters. The van der Waals surface area contributed by atoms with Gasteiger partial charge in [-0.05, 0) is 55.3 Å². The fourth-order valence-electron chi connectivity index (χ4n) is 3.05. The van der Waals surface area contributed by atoms with Gasteiger partial charge in [-0.1, -0.05) is 16.8 Å². The number of aromatic nitrogens is 1. The predicted octanol–water partition coefficient (Wildman–Crippen LogP) is 5.82. The molecule has 1 aliphatic rings. The molecule has 1 fully saturated rings. The summed E-state index contributed by atoms with van der Waals surface area (Å²) in [5.74, 6) is -1.48. The van der Waals surface area contributed by atoms with Crippen LogP contribution in [-0.4, -0.2) is 11.1 Å². The van der Waals surface area contributed by atoms with Crippen molar-refractivity contribution in [1.29, 1.82) is 0 Å². The topological polar surface area (TPSA) is 55.1 Å². The molecule has 2 aromatic carbocycles. The van der Waals surface area contributed by atoms with Crippen molar-refractivity contribution in [2.75, 3.05) is 5.32 Å². The Labute approximate surface area is 167 Å². The summed E-state index contributed by atoms with van der Waals surface area (Å²) in [7, 11) is 0. The molecule has 1 aromatic heterocycles. The van der Waals surface area contributed by atoms with Crippen molar-refractivity contribution in [3.8, 4) is 11.3 Å². The lowest BCUT2D eigenvalue weighted by Crippen LogP contribution is -2.28. The van der Waals surface area contributed by atoms with Crippen molar-refractivity contribution in [3.63, 3.8) is 0 Å². The van der Waals surface area contributed by atoms with Crippen LogP contribution in [0.2, 0.25) is 5.02 Å². The lowest BCUT2D eigenvalue weighted by molar-refractivity contribution is -0.140. The van der Waals surface area contributed by atoms with Gasteiger partial charge in [0.1, 0.15) is 5.82 Å². The Hall–Kier alpha value is -2.87. The van der Waals surface area contributed by atoms with Crippen LogP contribution in [0.1, 0.15) is 24.1 Å². The first-order valence-electron chi connectivity index (χ1n) is 8.60. The summed E-state index contributed by atoms with van der Waals surface area (Å²) in [6.45, 7) is 0. The number of nitrogens with zero attached hydrogens (tertiary/aromatic N) is 1. The first-order valence-corrected chi connectivity index (χ1v) is 8.98. The molecule has 1 heterocycles. The van der Waals surface area contributed by atoms with Crippen molar-refractivity contribution in [3.05, 3.63) is 70.6 Å². The van der Waals surface area contributed by atoms with Crippen molar-refractivity contribution < 1.29 is 26.9 Å². The quantitative estimate of drug-likeness (QED) is 0.537. The molecular weight excluding hydrogens is 412 g/mol. The smallest absolute Gasteiger partial charge is 0.356 e. The maximum Gasteiger partial charge on any atom is 0.419 e. The van der Waals surface area contributed by atoms with Crippen molar-refractivity contribution in [2.24, 2.45) is 0 Å². The summed E-state index contributed by atoms with van der Waals surface area (Å²) in [6.07, 6.45) is -3.92. The van der Waals surface area contributed by atoms with Gasteiger partial charge in [-0.25, -0.2) is 4.39 Å². The minimum absolute atomic E-state index is 0.142. The minimum atomic E-state index is -4.86. The van der Waals surface area contributed by atoms with E-state index in [1.165, 1.54) is 0 Å². The van der Waals surface area contributed by atoms with E-state index in [1.807, 2.05) is 0 Å². The van der Waals surface area contributed by atoms with Crippen LogP contribution in [0.25, 0.3) is 11.3 Å². The third-order valence-electron chi connectivity index (χ3n) is 4.84. The number of carbonyl (C=O) groups is 1. The van der Waals surface area contributed by atoms with Crippen molar-refractivity contribution in [2.45, 2.75) is 24.4 Å². The van der Waals surface area contributed by atoms with Crippen molar-refractivity contribution >= 4 is 23.2 Å². The van der Waals surface area contributed by atoms with E-state index in [4.69, 9.17) is 16.1 Å². The predicted molar refractivity (Wildman–Crippen MR) is 97.9 cm³/mol. The van der Waals surface area contributed by atoms with E-state index >= 15 is 0 Å². The molecule has 0 radical (unpaired) electrons. The molecule has 9 heteroatoms. The Morgan fingerprint density at radius 1 is 1.10 bits per heavy atom. The van der Waals surface area contributed by atoms with Crippen LogP contribution < -0.4 is 5.32 Å². The minimum Gasteiger partial charge on any atom is -0.356 e. The number of carbonyl (C=O) groups excluding carboxylic acids is 1. The van der Waals surface area contributed by atoms with Gasteiger partial charge in [-0.3, -0.25) is 4.79 Å². The molecule has 150 valence electrons. The van der Waals surface area contributed by atoms with Crippen LogP contribution in [-0.2, 0) is 16.4 Å². The van der Waals surface area contributed by atoms with Gasteiger partial charge < -0.3 is 9.84 Å². The summed E-state index contributed by atoms with van der Waals surface area (Å²) in [4.78, 5) is 12.7. The van der Waals surface area contributed by atoms with Crippen LogP contribution in [0, 0.1) is 5.82 Å². The number of rotatable bonds is 4. The van der Waals surface area contributed by atoms with Gasteiger partial charge in [0.2, 0.25) is 5.91 Å². The van der Waals surface area contributed by atoms with Crippen molar-refractivity contribution in [1.82, 2.24) is 5.16 Å². The van der Waals surface area contributed by atoms with Crippen LogP contribution in [0.4, 0.5) is 23.2 Å². The molecule has 1 N–H and O–H groups in total. The summed E-state index contributed by atoms with van der Waals surface area (Å²) in [5, 5.41) is 6.97. The number of nitrogens with one attached hydrogen (secondary N) is 1. The zero-order chi connectivity index (χ0) is 20.8. The molecule has 4 nitrogen and oxygen atoms in total. The third-order valence-corrected chi connectivity index (χ3v) is 5.10. The van der Waals surface area contributed by atoms with Crippen LogP contribution in [0.15, 0.2) is 53.1 Å². The second-order valence-electron chi connectivity index (χ2n) is 6.81. The van der Waals surface area contributed by atoms with Gasteiger partial charge >= 0.3 is 6.18 Å². The van der Waals surface area contributed by atoms with Gasteiger partial charge in [0.05, 0.1) is 16.7 Å². The van der Waals surface area contributed by atoms with E-state index in [0.29, 0.717) is 41.5 Å². The first-order chi connectivity index (χ1) is 13.7. The maximum atomic E-state index is 13.4. The van der Waals surface area contributed by atoms with E-state index in [0.717, 1.165) is 11.6 Å². The monoisotopic (exact) mass is 424 g/mol. The number of alkyl halides is 3. The third kappa shape index (κ3) is 3.72. The zero-order valence-electron chi connectivity index (χ0n) is 14.7. The molecule has 0 aliphatic heterocycles. The van der Waals surface area contributed by atoms with Gasteiger partial charge in [0, 0.05) is 22.3 Å². The second kappa shape index (κ2) is 6.88. The lowest BCUT2D eigenvalue weighted by atomic mass is 10.00. The number of benzene rings is 2. The SMILES string of the molecule is O=C(Nc1ccc(F)c(C(F)(F)F)c1)C1(c2cc(-c3ccc(Cl)cc3)on2)CC1. The number of anilines is 1.